The maximum Gasteiger partial charge on any atom is 0.303 e. The van der Waals surface area contributed by atoms with Crippen LogP contribution in [0.15, 0.2) is 17.6 Å². The molecule has 1 saturated heterocycles. The molecule has 7 nitrogen and oxygen atoms in total. The Kier molecular flexibility index (Phi) is 4.42. The smallest absolute Gasteiger partial charge is 0.303 e. The third kappa shape index (κ3) is 3.26. The van der Waals surface area contributed by atoms with E-state index in [0.717, 1.165) is 6.42 Å². The quantitative estimate of drug-likeness (QED) is 0.868. The van der Waals surface area contributed by atoms with Crippen molar-refractivity contribution in [3.05, 3.63) is 33.8 Å². The van der Waals surface area contributed by atoms with Crippen molar-refractivity contribution >= 4 is 23.2 Å². The Labute approximate surface area is 137 Å². The number of carboxylic acids is 1. The molecule has 2 aromatic heterocycles. The molecule has 8 heteroatoms. The van der Waals surface area contributed by atoms with E-state index in [4.69, 9.17) is 5.11 Å². The summed E-state index contributed by atoms with van der Waals surface area (Å²) in [5, 5.41) is 21.4. The highest BCUT2D eigenvalue weighted by atomic mass is 32.1. The standard InChI is InChI=1S/C15H18N4O3S/c1-2-11-3-10(8-23-11)15(22)19-6-9(4-14(20)21)12(7-19)13-5-16-18-17-13/h3,5,8-9,12H,2,4,6-7H2,1H3,(H,20,21)(H,16,17,18)/t9-,12+/m1/s1. The summed E-state index contributed by atoms with van der Waals surface area (Å²) in [6.07, 6.45) is 2.53. The average molecular weight is 334 g/mol. The number of rotatable bonds is 5. The van der Waals surface area contributed by atoms with Gasteiger partial charge in [0.2, 0.25) is 0 Å². The molecule has 0 spiro atoms. The van der Waals surface area contributed by atoms with Crippen molar-refractivity contribution in [1.29, 1.82) is 0 Å². The minimum absolute atomic E-state index is 0.0190. The molecule has 0 saturated carbocycles. The number of carbonyl (C=O) groups is 2. The number of amides is 1. The fraction of sp³-hybridized carbons (Fsp3) is 0.467. The molecule has 0 unspecified atom stereocenters. The molecule has 0 radical (unpaired) electrons. The number of hydrogen-bond donors (Lipinski definition) is 2. The second kappa shape index (κ2) is 6.49. The van der Waals surface area contributed by atoms with E-state index in [9.17, 15) is 9.59 Å². The van der Waals surface area contributed by atoms with Gasteiger partial charge in [-0.25, -0.2) is 0 Å². The molecule has 122 valence electrons. The van der Waals surface area contributed by atoms with Crippen LogP contribution in [-0.4, -0.2) is 50.4 Å². The molecule has 0 aromatic carbocycles. The van der Waals surface area contributed by atoms with Crippen LogP contribution < -0.4 is 0 Å². The number of aromatic amines is 1. The zero-order chi connectivity index (χ0) is 16.4. The van der Waals surface area contributed by atoms with Crippen LogP contribution in [0.3, 0.4) is 0 Å². The molecule has 1 aliphatic heterocycles. The lowest BCUT2D eigenvalue weighted by molar-refractivity contribution is -0.138. The molecular formula is C15H18N4O3S. The molecule has 3 rings (SSSR count). The number of aliphatic carboxylic acids is 1. The SMILES string of the molecule is CCc1cc(C(=O)N2C[C@@H](CC(=O)O)[C@@H](c3cn[nH]n3)C2)cs1. The Morgan fingerprint density at radius 1 is 1.48 bits per heavy atom. The van der Waals surface area contributed by atoms with Crippen LogP contribution in [0.25, 0.3) is 0 Å². The van der Waals surface area contributed by atoms with E-state index in [-0.39, 0.29) is 24.2 Å². The Morgan fingerprint density at radius 2 is 2.30 bits per heavy atom. The number of nitrogens with zero attached hydrogens (tertiary/aromatic N) is 3. The van der Waals surface area contributed by atoms with E-state index in [2.05, 4.69) is 22.3 Å². The van der Waals surface area contributed by atoms with Gasteiger partial charge in [0.25, 0.3) is 5.91 Å². The monoisotopic (exact) mass is 334 g/mol. The first-order chi connectivity index (χ1) is 11.1. The number of aryl methyl sites for hydroxylation is 1. The number of hydrogen-bond acceptors (Lipinski definition) is 5. The van der Waals surface area contributed by atoms with Crippen molar-refractivity contribution in [2.24, 2.45) is 5.92 Å². The third-order valence-corrected chi connectivity index (χ3v) is 5.31. The first-order valence-electron chi connectivity index (χ1n) is 7.52. The lowest BCUT2D eigenvalue weighted by Gasteiger charge is -2.15. The second-order valence-electron chi connectivity index (χ2n) is 5.72. The highest BCUT2D eigenvalue weighted by Crippen LogP contribution is 2.34. The zero-order valence-electron chi connectivity index (χ0n) is 12.7. The molecule has 23 heavy (non-hydrogen) atoms. The van der Waals surface area contributed by atoms with E-state index in [0.29, 0.717) is 24.3 Å². The molecule has 2 atom stereocenters. The van der Waals surface area contributed by atoms with Crippen LogP contribution >= 0.6 is 11.3 Å². The fourth-order valence-corrected chi connectivity index (χ4v) is 3.86. The Hall–Kier alpha value is -2.22. The van der Waals surface area contributed by atoms with Crippen LogP contribution in [0.2, 0.25) is 0 Å². The summed E-state index contributed by atoms with van der Waals surface area (Å²) in [5.41, 5.74) is 1.40. The van der Waals surface area contributed by atoms with Gasteiger partial charge >= 0.3 is 5.97 Å². The molecular weight excluding hydrogens is 316 g/mol. The van der Waals surface area contributed by atoms with Crippen LogP contribution in [0, 0.1) is 5.92 Å². The van der Waals surface area contributed by atoms with Crippen molar-refractivity contribution < 1.29 is 14.7 Å². The Morgan fingerprint density at radius 3 is 2.91 bits per heavy atom. The lowest BCUT2D eigenvalue weighted by atomic mass is 9.91. The van der Waals surface area contributed by atoms with E-state index in [1.54, 1.807) is 22.4 Å². The van der Waals surface area contributed by atoms with E-state index in [1.807, 2.05) is 11.4 Å². The third-order valence-electron chi connectivity index (χ3n) is 4.23. The molecule has 1 fully saturated rings. The van der Waals surface area contributed by atoms with Gasteiger partial charge in [0.05, 0.1) is 23.9 Å². The van der Waals surface area contributed by atoms with E-state index in [1.165, 1.54) is 4.88 Å². The zero-order valence-corrected chi connectivity index (χ0v) is 13.5. The van der Waals surface area contributed by atoms with Gasteiger partial charge < -0.3 is 10.0 Å². The predicted molar refractivity (Wildman–Crippen MR) is 84.5 cm³/mol. The van der Waals surface area contributed by atoms with Gasteiger partial charge in [-0.2, -0.15) is 15.4 Å². The van der Waals surface area contributed by atoms with Gasteiger partial charge in [-0.3, -0.25) is 9.59 Å². The van der Waals surface area contributed by atoms with E-state index >= 15 is 0 Å². The van der Waals surface area contributed by atoms with Crippen LogP contribution in [0.1, 0.15) is 40.2 Å². The van der Waals surface area contributed by atoms with Crippen molar-refractivity contribution in [2.45, 2.75) is 25.7 Å². The lowest BCUT2D eigenvalue weighted by Crippen LogP contribution is -2.28. The number of thiophene rings is 1. The molecule has 1 aliphatic rings. The summed E-state index contributed by atoms with van der Waals surface area (Å²) in [4.78, 5) is 26.7. The van der Waals surface area contributed by atoms with Gasteiger partial charge in [0.1, 0.15) is 0 Å². The van der Waals surface area contributed by atoms with Gasteiger partial charge in [0.15, 0.2) is 0 Å². The minimum atomic E-state index is -0.860. The summed E-state index contributed by atoms with van der Waals surface area (Å²) >= 11 is 1.58. The average Bonchev–Trinajstić information content (AvgIpc) is 3.25. The Bertz CT molecular complexity index is 697. The molecule has 1 amide bonds. The van der Waals surface area contributed by atoms with Crippen LogP contribution in [0.5, 0.6) is 0 Å². The highest BCUT2D eigenvalue weighted by molar-refractivity contribution is 7.10. The van der Waals surface area contributed by atoms with Gasteiger partial charge in [-0.15, -0.1) is 11.3 Å². The normalized spacial score (nSPS) is 20.8. The number of nitrogens with one attached hydrogen (secondary N) is 1. The number of likely N-dealkylation sites (tertiary alicyclic amines) is 1. The molecule has 0 aliphatic carbocycles. The number of carbonyl (C=O) groups excluding carboxylic acids is 1. The second-order valence-corrected chi connectivity index (χ2v) is 6.72. The van der Waals surface area contributed by atoms with Crippen molar-refractivity contribution in [1.82, 2.24) is 20.3 Å². The highest BCUT2D eigenvalue weighted by Gasteiger charge is 2.39. The largest absolute Gasteiger partial charge is 0.481 e. The van der Waals surface area contributed by atoms with Crippen molar-refractivity contribution in [3.8, 4) is 0 Å². The fourth-order valence-electron chi connectivity index (χ4n) is 3.05. The molecule has 0 bridgehead atoms. The first kappa shape index (κ1) is 15.7. The maximum atomic E-state index is 12.7. The van der Waals surface area contributed by atoms with Crippen molar-refractivity contribution in [2.75, 3.05) is 13.1 Å². The van der Waals surface area contributed by atoms with Crippen molar-refractivity contribution in [3.63, 3.8) is 0 Å². The summed E-state index contributed by atoms with van der Waals surface area (Å²) in [6, 6.07) is 1.92. The summed E-state index contributed by atoms with van der Waals surface area (Å²) in [5.74, 6) is -1.15. The van der Waals surface area contributed by atoms with E-state index < -0.39 is 5.97 Å². The summed E-state index contributed by atoms with van der Waals surface area (Å²) < 4.78 is 0. The van der Waals surface area contributed by atoms with Gasteiger partial charge in [-0.1, -0.05) is 6.92 Å². The van der Waals surface area contributed by atoms with Gasteiger partial charge in [0, 0.05) is 29.3 Å². The predicted octanol–water partition coefficient (Wildman–Crippen LogP) is 1.76. The maximum absolute atomic E-state index is 12.7. The Balaban J connectivity index is 1.78. The van der Waals surface area contributed by atoms with Gasteiger partial charge in [-0.05, 0) is 18.4 Å². The van der Waals surface area contributed by atoms with Crippen LogP contribution in [0.4, 0.5) is 0 Å². The topological polar surface area (TPSA) is 99.2 Å². The number of aromatic nitrogens is 3. The molecule has 2 N–H and O–H groups in total. The number of carboxylic acid groups (broad SMARTS) is 1. The van der Waals surface area contributed by atoms with Crippen LogP contribution in [-0.2, 0) is 11.2 Å². The first-order valence-corrected chi connectivity index (χ1v) is 8.40. The summed E-state index contributed by atoms with van der Waals surface area (Å²) in [6.45, 7) is 2.96. The molecule has 3 heterocycles. The number of H-pyrrole nitrogens is 1. The minimum Gasteiger partial charge on any atom is -0.481 e. The molecule has 2 aromatic rings. The summed E-state index contributed by atoms with van der Waals surface area (Å²) in [7, 11) is 0.